The zero-order chi connectivity index (χ0) is 19.4. The van der Waals surface area contributed by atoms with E-state index in [1.54, 1.807) is 25.8 Å². The highest BCUT2D eigenvalue weighted by Gasteiger charge is 2.32. The van der Waals surface area contributed by atoms with Crippen LogP contribution in [0.15, 0.2) is 24.3 Å². The van der Waals surface area contributed by atoms with Crippen LogP contribution < -0.4 is 10.6 Å². The van der Waals surface area contributed by atoms with Crippen LogP contribution in [0.2, 0.25) is 0 Å². The van der Waals surface area contributed by atoms with E-state index in [2.05, 4.69) is 10.6 Å². The quantitative estimate of drug-likeness (QED) is 0.706. The number of hydrogen-bond acceptors (Lipinski definition) is 4. The Morgan fingerprint density at radius 3 is 2.50 bits per heavy atom. The van der Waals surface area contributed by atoms with Crippen LogP contribution >= 0.6 is 0 Å². The van der Waals surface area contributed by atoms with E-state index in [9.17, 15) is 19.5 Å². The summed E-state index contributed by atoms with van der Waals surface area (Å²) in [5.41, 5.74) is 1.79. The fourth-order valence-corrected chi connectivity index (χ4v) is 2.87. The molecule has 7 heteroatoms. The number of nitrogens with zero attached hydrogens (tertiary/aromatic N) is 1. The molecule has 2 rings (SSSR count). The number of rotatable bonds is 5. The Hall–Kier alpha value is -2.41. The predicted molar refractivity (Wildman–Crippen MR) is 97.1 cm³/mol. The molecular formula is C19H27N3O4. The molecule has 0 aliphatic carbocycles. The third-order valence-electron chi connectivity index (χ3n) is 4.64. The van der Waals surface area contributed by atoms with Crippen LogP contribution in [0.25, 0.3) is 0 Å². The molecule has 1 aliphatic rings. The van der Waals surface area contributed by atoms with Gasteiger partial charge in [-0.2, -0.15) is 0 Å². The minimum absolute atomic E-state index is 0.191. The van der Waals surface area contributed by atoms with Crippen LogP contribution in [0.3, 0.4) is 0 Å². The summed E-state index contributed by atoms with van der Waals surface area (Å²) >= 11 is 0. The van der Waals surface area contributed by atoms with E-state index in [0.29, 0.717) is 6.54 Å². The van der Waals surface area contributed by atoms with Gasteiger partial charge in [0.25, 0.3) is 0 Å². The van der Waals surface area contributed by atoms with E-state index in [0.717, 1.165) is 17.5 Å². The summed E-state index contributed by atoms with van der Waals surface area (Å²) < 4.78 is 0. The molecule has 0 saturated carbocycles. The number of amides is 3. The molecule has 1 aromatic carbocycles. The topological polar surface area (TPSA) is 98.7 Å². The van der Waals surface area contributed by atoms with Crippen LogP contribution in [0.4, 0.5) is 0 Å². The Labute approximate surface area is 153 Å². The summed E-state index contributed by atoms with van der Waals surface area (Å²) in [5.74, 6) is -1.52. The fraction of sp³-hybridized carbons (Fsp3) is 0.526. The van der Waals surface area contributed by atoms with Crippen molar-refractivity contribution in [2.75, 3.05) is 13.6 Å². The third kappa shape index (κ3) is 4.40. The maximum Gasteiger partial charge on any atom is 0.249 e. The van der Waals surface area contributed by atoms with Gasteiger partial charge < -0.3 is 20.6 Å². The van der Waals surface area contributed by atoms with Gasteiger partial charge >= 0.3 is 0 Å². The molecule has 1 heterocycles. The van der Waals surface area contributed by atoms with Crippen molar-refractivity contribution in [2.24, 2.45) is 5.92 Å². The van der Waals surface area contributed by atoms with Crippen molar-refractivity contribution in [1.82, 2.24) is 15.5 Å². The molecule has 1 aliphatic heterocycles. The van der Waals surface area contributed by atoms with E-state index in [1.807, 2.05) is 24.3 Å². The number of carbonyl (C=O) groups is 3. The fourth-order valence-electron chi connectivity index (χ4n) is 2.87. The van der Waals surface area contributed by atoms with Gasteiger partial charge in [0.2, 0.25) is 17.7 Å². The maximum absolute atomic E-state index is 12.7. The normalized spacial score (nSPS) is 19.4. The number of hydrogen-bond donors (Lipinski definition) is 3. The molecule has 1 aromatic rings. The molecule has 0 radical (unpaired) electrons. The maximum atomic E-state index is 12.7. The van der Waals surface area contributed by atoms with E-state index in [1.165, 1.54) is 6.92 Å². The van der Waals surface area contributed by atoms with Gasteiger partial charge in [-0.15, -0.1) is 0 Å². The minimum atomic E-state index is -1.18. The smallest absolute Gasteiger partial charge is 0.249 e. The molecular weight excluding hydrogens is 334 g/mol. The lowest BCUT2D eigenvalue weighted by Gasteiger charge is -2.24. The highest BCUT2D eigenvalue weighted by Crippen LogP contribution is 2.24. The molecule has 0 unspecified atom stereocenters. The summed E-state index contributed by atoms with van der Waals surface area (Å²) in [5, 5.41) is 15.0. The predicted octanol–water partition coefficient (Wildman–Crippen LogP) is 0.380. The van der Waals surface area contributed by atoms with Gasteiger partial charge in [0.05, 0.1) is 0 Å². The lowest BCUT2D eigenvalue weighted by Crippen LogP contribution is -2.51. The van der Waals surface area contributed by atoms with Gasteiger partial charge in [0.1, 0.15) is 18.2 Å². The van der Waals surface area contributed by atoms with Gasteiger partial charge in [-0.3, -0.25) is 14.4 Å². The zero-order valence-corrected chi connectivity index (χ0v) is 15.7. The average molecular weight is 361 g/mol. The first-order chi connectivity index (χ1) is 12.2. The number of nitrogens with one attached hydrogen (secondary N) is 2. The highest BCUT2D eigenvalue weighted by atomic mass is 16.3. The number of aliphatic hydroxyl groups is 1. The second kappa shape index (κ2) is 8.31. The number of likely N-dealkylation sites (N-methyl/N-ethyl adjacent to an activating group) is 1. The van der Waals surface area contributed by atoms with E-state index in [4.69, 9.17) is 0 Å². The molecule has 26 heavy (non-hydrogen) atoms. The second-order valence-corrected chi connectivity index (χ2v) is 7.07. The van der Waals surface area contributed by atoms with Crippen LogP contribution in [0, 0.1) is 5.92 Å². The van der Waals surface area contributed by atoms with Gasteiger partial charge in [-0.25, -0.2) is 0 Å². The molecule has 0 bridgehead atoms. The Balaban J connectivity index is 2.13. The van der Waals surface area contributed by atoms with Gasteiger partial charge in [-0.1, -0.05) is 38.1 Å². The number of benzene rings is 1. The average Bonchev–Trinajstić information content (AvgIpc) is 2.73. The first-order valence-corrected chi connectivity index (χ1v) is 8.84. The summed E-state index contributed by atoms with van der Waals surface area (Å²) in [6.07, 6.45) is -0.464. The molecule has 0 fully saturated rings. The van der Waals surface area contributed by atoms with E-state index >= 15 is 0 Å². The summed E-state index contributed by atoms with van der Waals surface area (Å²) in [6.45, 7) is 5.53. The van der Waals surface area contributed by atoms with Crippen LogP contribution in [0.5, 0.6) is 0 Å². The third-order valence-corrected chi connectivity index (χ3v) is 4.64. The summed E-state index contributed by atoms with van der Waals surface area (Å²) in [6, 6.07) is 5.86. The van der Waals surface area contributed by atoms with Gasteiger partial charge in [0.15, 0.2) is 0 Å². The minimum Gasteiger partial charge on any atom is -0.383 e. The molecule has 0 aromatic heterocycles. The molecule has 142 valence electrons. The summed E-state index contributed by atoms with van der Waals surface area (Å²) in [7, 11) is 1.71. The Bertz CT molecular complexity index is 689. The lowest BCUT2D eigenvalue weighted by atomic mass is 9.99. The van der Waals surface area contributed by atoms with Crippen molar-refractivity contribution < 1.29 is 19.5 Å². The Kier molecular flexibility index (Phi) is 6.37. The molecule has 3 atom stereocenters. The van der Waals surface area contributed by atoms with Crippen LogP contribution in [-0.2, 0) is 20.8 Å². The lowest BCUT2D eigenvalue weighted by molar-refractivity contribution is -0.137. The molecule has 0 spiro atoms. The number of aliphatic hydroxyl groups excluding tert-OH is 1. The largest absolute Gasteiger partial charge is 0.383 e. The van der Waals surface area contributed by atoms with Crippen molar-refractivity contribution in [3.05, 3.63) is 35.4 Å². The molecule has 7 nitrogen and oxygen atoms in total. The SMILES string of the molecule is CC(C)[C@H](O)C(=O)N[C@@H](C)C(=O)N[C@H]1C(=O)N(C)CCc2ccccc21. The standard InChI is InChI=1S/C19H27N3O4/c1-11(2)16(23)18(25)20-12(3)17(24)21-15-14-8-6-5-7-13(14)9-10-22(4)19(15)26/h5-8,11-12,15-16,23H,9-10H2,1-4H3,(H,20,25)(H,21,24)/t12-,15+,16-/m0/s1. The first kappa shape index (κ1) is 19.9. The molecule has 3 amide bonds. The van der Waals surface area contributed by atoms with Gasteiger partial charge in [-0.05, 0) is 30.4 Å². The number of fused-ring (bicyclic) bond motifs is 1. The zero-order valence-electron chi connectivity index (χ0n) is 15.7. The van der Waals surface area contributed by atoms with Crippen molar-refractivity contribution >= 4 is 17.7 Å². The van der Waals surface area contributed by atoms with Crippen molar-refractivity contribution in [3.63, 3.8) is 0 Å². The second-order valence-electron chi connectivity index (χ2n) is 7.07. The van der Waals surface area contributed by atoms with Crippen LogP contribution in [-0.4, -0.2) is 53.5 Å². The van der Waals surface area contributed by atoms with E-state index < -0.39 is 30.0 Å². The molecule has 0 saturated heterocycles. The monoisotopic (exact) mass is 361 g/mol. The van der Waals surface area contributed by atoms with Crippen molar-refractivity contribution in [1.29, 1.82) is 0 Å². The van der Waals surface area contributed by atoms with Crippen molar-refractivity contribution in [2.45, 2.75) is 45.4 Å². The van der Waals surface area contributed by atoms with Gasteiger partial charge in [0, 0.05) is 13.6 Å². The highest BCUT2D eigenvalue weighted by molar-refractivity contribution is 5.93. The Morgan fingerprint density at radius 1 is 1.19 bits per heavy atom. The Morgan fingerprint density at radius 2 is 1.85 bits per heavy atom. The number of carbonyl (C=O) groups excluding carboxylic acids is 3. The first-order valence-electron chi connectivity index (χ1n) is 8.84. The van der Waals surface area contributed by atoms with E-state index in [-0.39, 0.29) is 11.8 Å². The van der Waals surface area contributed by atoms with Crippen molar-refractivity contribution in [3.8, 4) is 0 Å². The van der Waals surface area contributed by atoms with Crippen LogP contribution in [0.1, 0.15) is 37.9 Å². The molecule has 3 N–H and O–H groups in total. The summed E-state index contributed by atoms with van der Waals surface area (Å²) in [4.78, 5) is 38.7.